The molecule has 0 unspecified atom stereocenters. The lowest BCUT2D eigenvalue weighted by Gasteiger charge is -2.28. The molecule has 0 spiro atoms. The third-order valence-electron chi connectivity index (χ3n) is 5.11. The van der Waals surface area contributed by atoms with Crippen LogP contribution >= 0.6 is 0 Å². The first-order valence-corrected chi connectivity index (χ1v) is 12.0. The lowest BCUT2D eigenvalue weighted by Crippen LogP contribution is -2.38. The topological polar surface area (TPSA) is 116 Å². The number of hydrogen-bond donors (Lipinski definition) is 3. The highest BCUT2D eigenvalue weighted by Gasteiger charge is 2.22. The minimum absolute atomic E-state index is 0.0185. The van der Waals surface area contributed by atoms with Crippen molar-refractivity contribution in [3.63, 3.8) is 0 Å². The van der Waals surface area contributed by atoms with Gasteiger partial charge in [0.25, 0.3) is 0 Å². The van der Waals surface area contributed by atoms with E-state index < -0.39 is 10.8 Å². The van der Waals surface area contributed by atoms with E-state index in [0.29, 0.717) is 59.8 Å². The first kappa shape index (κ1) is 21.4. The van der Waals surface area contributed by atoms with Crippen LogP contribution in [0.1, 0.15) is 12.0 Å². The summed E-state index contributed by atoms with van der Waals surface area (Å²) >= 11 is 0. The van der Waals surface area contributed by atoms with Crippen molar-refractivity contribution in [2.75, 3.05) is 59.8 Å². The Morgan fingerprint density at radius 1 is 1.00 bits per heavy atom. The van der Waals surface area contributed by atoms with Crippen LogP contribution in [0.25, 0.3) is 11.0 Å². The molecule has 0 saturated carbocycles. The second kappa shape index (κ2) is 10.5. The normalized spacial score (nSPS) is 14.7. The Morgan fingerprint density at radius 2 is 1.81 bits per heavy atom. The average Bonchev–Trinajstić information content (AvgIpc) is 2.81. The second-order valence-electron chi connectivity index (χ2n) is 7.29. The van der Waals surface area contributed by atoms with Crippen molar-refractivity contribution in [1.29, 1.82) is 0 Å². The molecular weight excluding hydrogens is 414 g/mol. The minimum atomic E-state index is -0.783. The SMILES string of the molecule is O=S1CCN(c2nc(NCCO)nc3c(NCCCc4ccccc4)ncnc23)CC1. The second-order valence-corrected chi connectivity index (χ2v) is 8.99. The fourth-order valence-electron chi connectivity index (χ4n) is 3.52. The summed E-state index contributed by atoms with van der Waals surface area (Å²) < 4.78 is 11.8. The van der Waals surface area contributed by atoms with Gasteiger partial charge in [-0.1, -0.05) is 30.3 Å². The molecule has 0 radical (unpaired) electrons. The molecule has 1 fully saturated rings. The Hall–Kier alpha value is -2.85. The number of nitrogens with one attached hydrogen (secondary N) is 2. The summed E-state index contributed by atoms with van der Waals surface area (Å²) in [4.78, 5) is 20.2. The number of aliphatic hydroxyl groups excluding tert-OH is 1. The molecule has 1 aromatic carbocycles. The van der Waals surface area contributed by atoms with E-state index in [0.717, 1.165) is 19.4 Å². The molecule has 0 bridgehead atoms. The van der Waals surface area contributed by atoms with Crippen LogP contribution in [-0.4, -0.2) is 73.5 Å². The van der Waals surface area contributed by atoms with E-state index in [1.807, 2.05) is 6.07 Å². The first-order valence-electron chi connectivity index (χ1n) is 10.5. The molecule has 2 aromatic heterocycles. The molecule has 3 heterocycles. The monoisotopic (exact) mass is 441 g/mol. The van der Waals surface area contributed by atoms with E-state index in [4.69, 9.17) is 0 Å². The Labute approximate surface area is 183 Å². The van der Waals surface area contributed by atoms with Crippen LogP contribution in [0.5, 0.6) is 0 Å². The number of anilines is 3. The van der Waals surface area contributed by atoms with Crippen LogP contribution in [0.4, 0.5) is 17.6 Å². The average molecular weight is 442 g/mol. The fraction of sp³-hybridized carbons (Fsp3) is 0.429. The van der Waals surface area contributed by atoms with Gasteiger partial charge in [-0.3, -0.25) is 4.21 Å². The maximum atomic E-state index is 11.8. The number of fused-ring (bicyclic) bond motifs is 1. The zero-order valence-corrected chi connectivity index (χ0v) is 18.1. The molecule has 0 atom stereocenters. The standard InChI is InChI=1S/C21H27N7O2S/c29-12-9-23-21-26-17-18(20(27-21)28-10-13-31(30)14-11-28)24-15-25-19(17)22-8-4-7-16-5-2-1-3-6-16/h1-3,5-6,15,29H,4,7-14H2,(H,22,24,25)(H,23,26,27). The first-order chi connectivity index (χ1) is 15.2. The summed E-state index contributed by atoms with van der Waals surface area (Å²) in [7, 11) is -0.783. The Bertz CT molecular complexity index is 1020. The van der Waals surface area contributed by atoms with Crippen molar-refractivity contribution in [3.05, 3.63) is 42.2 Å². The van der Waals surface area contributed by atoms with Gasteiger partial charge in [0, 0.05) is 48.5 Å². The molecule has 3 N–H and O–H groups in total. The van der Waals surface area contributed by atoms with Gasteiger partial charge in [-0.25, -0.2) is 15.0 Å². The molecule has 1 aliphatic heterocycles. The molecule has 31 heavy (non-hydrogen) atoms. The van der Waals surface area contributed by atoms with Crippen molar-refractivity contribution < 1.29 is 9.32 Å². The van der Waals surface area contributed by atoms with Crippen LogP contribution < -0.4 is 15.5 Å². The largest absolute Gasteiger partial charge is 0.395 e. The summed E-state index contributed by atoms with van der Waals surface area (Å²) in [5, 5.41) is 15.6. The molecule has 10 heteroatoms. The Kier molecular flexibility index (Phi) is 7.21. The van der Waals surface area contributed by atoms with E-state index >= 15 is 0 Å². The van der Waals surface area contributed by atoms with Gasteiger partial charge in [0.1, 0.15) is 17.4 Å². The zero-order valence-electron chi connectivity index (χ0n) is 17.3. The maximum Gasteiger partial charge on any atom is 0.225 e. The Balaban J connectivity index is 1.56. The number of rotatable bonds is 9. The summed E-state index contributed by atoms with van der Waals surface area (Å²) in [5.74, 6) is 3.01. The van der Waals surface area contributed by atoms with Crippen LogP contribution in [-0.2, 0) is 17.2 Å². The lowest BCUT2D eigenvalue weighted by atomic mass is 10.1. The maximum absolute atomic E-state index is 11.8. The summed E-state index contributed by atoms with van der Waals surface area (Å²) in [6, 6.07) is 10.4. The van der Waals surface area contributed by atoms with Crippen LogP contribution in [0, 0.1) is 0 Å². The van der Waals surface area contributed by atoms with E-state index in [2.05, 4.69) is 59.7 Å². The van der Waals surface area contributed by atoms with E-state index in [-0.39, 0.29) is 6.61 Å². The molecule has 0 aliphatic carbocycles. The number of aromatic nitrogens is 4. The van der Waals surface area contributed by atoms with E-state index in [9.17, 15) is 9.32 Å². The molecular formula is C21H27N7O2S. The van der Waals surface area contributed by atoms with Gasteiger partial charge in [0.15, 0.2) is 11.6 Å². The number of aryl methyl sites for hydroxylation is 1. The molecule has 1 saturated heterocycles. The smallest absolute Gasteiger partial charge is 0.225 e. The minimum Gasteiger partial charge on any atom is -0.395 e. The van der Waals surface area contributed by atoms with Gasteiger partial charge >= 0.3 is 0 Å². The highest BCUT2D eigenvalue weighted by Crippen LogP contribution is 2.28. The van der Waals surface area contributed by atoms with Crippen molar-refractivity contribution in [3.8, 4) is 0 Å². The quantitative estimate of drug-likeness (QED) is 0.424. The van der Waals surface area contributed by atoms with Gasteiger partial charge in [-0.05, 0) is 18.4 Å². The van der Waals surface area contributed by atoms with Crippen molar-refractivity contribution >= 4 is 39.4 Å². The number of nitrogens with zero attached hydrogens (tertiary/aromatic N) is 5. The molecule has 1 aliphatic rings. The summed E-state index contributed by atoms with van der Waals surface area (Å²) in [6.45, 7) is 2.39. The predicted octanol–water partition coefficient (Wildman–Crippen LogP) is 1.44. The fourth-order valence-corrected chi connectivity index (χ4v) is 4.57. The Morgan fingerprint density at radius 3 is 2.58 bits per heavy atom. The molecule has 9 nitrogen and oxygen atoms in total. The van der Waals surface area contributed by atoms with Gasteiger partial charge in [-0.2, -0.15) is 4.98 Å². The van der Waals surface area contributed by atoms with Crippen molar-refractivity contribution in [2.45, 2.75) is 12.8 Å². The predicted molar refractivity (Wildman–Crippen MR) is 124 cm³/mol. The van der Waals surface area contributed by atoms with E-state index in [1.54, 1.807) is 0 Å². The third kappa shape index (κ3) is 5.45. The molecule has 4 rings (SSSR count). The van der Waals surface area contributed by atoms with Crippen molar-refractivity contribution in [1.82, 2.24) is 19.9 Å². The summed E-state index contributed by atoms with van der Waals surface area (Å²) in [6.07, 6.45) is 3.46. The van der Waals surface area contributed by atoms with Crippen LogP contribution in [0.2, 0.25) is 0 Å². The van der Waals surface area contributed by atoms with Gasteiger partial charge in [0.05, 0.1) is 6.61 Å². The van der Waals surface area contributed by atoms with Gasteiger partial charge < -0.3 is 20.6 Å². The van der Waals surface area contributed by atoms with Gasteiger partial charge in [-0.15, -0.1) is 0 Å². The van der Waals surface area contributed by atoms with E-state index in [1.165, 1.54) is 11.9 Å². The van der Waals surface area contributed by atoms with Crippen LogP contribution in [0.15, 0.2) is 36.7 Å². The lowest BCUT2D eigenvalue weighted by molar-refractivity contribution is 0.311. The van der Waals surface area contributed by atoms with Crippen LogP contribution in [0.3, 0.4) is 0 Å². The number of benzene rings is 1. The molecule has 0 amide bonds. The third-order valence-corrected chi connectivity index (χ3v) is 6.39. The zero-order chi connectivity index (χ0) is 21.5. The highest BCUT2D eigenvalue weighted by atomic mass is 32.2. The number of aliphatic hydroxyl groups is 1. The molecule has 164 valence electrons. The highest BCUT2D eigenvalue weighted by molar-refractivity contribution is 7.85. The number of hydrogen-bond acceptors (Lipinski definition) is 9. The molecule has 3 aromatic rings. The van der Waals surface area contributed by atoms with Crippen molar-refractivity contribution in [2.24, 2.45) is 0 Å². The van der Waals surface area contributed by atoms with Gasteiger partial charge in [0.2, 0.25) is 5.95 Å². The summed E-state index contributed by atoms with van der Waals surface area (Å²) in [5.41, 5.74) is 2.61.